The summed E-state index contributed by atoms with van der Waals surface area (Å²) in [6.07, 6.45) is -0.238. The second-order valence-electron chi connectivity index (χ2n) is 5.02. The fourth-order valence-electron chi connectivity index (χ4n) is 2.46. The summed E-state index contributed by atoms with van der Waals surface area (Å²) in [7, 11) is 0. The molecular weight excluding hydrogens is 242 g/mol. The summed E-state index contributed by atoms with van der Waals surface area (Å²) in [5, 5.41) is 3.28. The molecule has 0 unspecified atom stereocenters. The fourth-order valence-corrected chi connectivity index (χ4v) is 2.46. The molecule has 19 heavy (non-hydrogen) atoms. The first-order valence-electron chi connectivity index (χ1n) is 6.79. The lowest BCUT2D eigenvalue weighted by molar-refractivity contribution is 0.0714. The second-order valence-corrected chi connectivity index (χ2v) is 5.02. The van der Waals surface area contributed by atoms with Crippen molar-refractivity contribution < 1.29 is 9.53 Å². The highest BCUT2D eigenvalue weighted by Crippen LogP contribution is 2.13. The summed E-state index contributed by atoms with van der Waals surface area (Å²) in [5.41, 5.74) is 0. The van der Waals surface area contributed by atoms with Gasteiger partial charge < -0.3 is 15.0 Å². The van der Waals surface area contributed by atoms with Gasteiger partial charge in [0, 0.05) is 45.3 Å². The van der Waals surface area contributed by atoms with E-state index in [9.17, 15) is 4.79 Å². The molecule has 0 aromatic heterocycles. The summed E-state index contributed by atoms with van der Waals surface area (Å²) < 4.78 is 5.35. The van der Waals surface area contributed by atoms with Crippen molar-refractivity contribution in [3.05, 3.63) is 30.3 Å². The van der Waals surface area contributed by atoms with Crippen molar-refractivity contribution >= 4 is 6.09 Å². The smallest absolute Gasteiger partial charge is 0.410 e. The molecule has 1 amide bonds. The van der Waals surface area contributed by atoms with Crippen LogP contribution < -0.4 is 10.1 Å². The Hall–Kier alpha value is -1.59. The van der Waals surface area contributed by atoms with Gasteiger partial charge in [0.15, 0.2) is 0 Å². The Morgan fingerprint density at radius 2 is 1.79 bits per heavy atom. The molecule has 5 heteroatoms. The highest BCUT2D eigenvalue weighted by atomic mass is 16.6. The molecule has 0 atom stereocenters. The summed E-state index contributed by atoms with van der Waals surface area (Å²) in [5.74, 6) is 0.609. The number of amides is 1. The third-order valence-corrected chi connectivity index (χ3v) is 3.80. The van der Waals surface area contributed by atoms with Crippen LogP contribution in [0.1, 0.15) is 0 Å². The van der Waals surface area contributed by atoms with Crippen LogP contribution in [0.25, 0.3) is 0 Å². The molecule has 1 aromatic rings. The molecule has 3 rings (SSSR count). The van der Waals surface area contributed by atoms with Gasteiger partial charge >= 0.3 is 6.09 Å². The number of para-hydroxylation sites is 1. The van der Waals surface area contributed by atoms with Gasteiger partial charge in [-0.05, 0) is 12.1 Å². The standard InChI is InChI=1S/C14H19N3O2/c18-14(19-13-4-2-1-3-5-13)17-8-6-16(7-9-17)12-10-15-11-12/h1-5,12,15H,6-11H2. The Morgan fingerprint density at radius 3 is 2.37 bits per heavy atom. The average Bonchev–Trinajstić information content (AvgIpc) is 2.39. The zero-order chi connectivity index (χ0) is 13.1. The number of nitrogens with one attached hydrogen (secondary N) is 1. The quantitative estimate of drug-likeness (QED) is 0.854. The third-order valence-electron chi connectivity index (χ3n) is 3.80. The van der Waals surface area contributed by atoms with E-state index in [4.69, 9.17) is 4.74 Å². The fraction of sp³-hybridized carbons (Fsp3) is 0.500. The summed E-state index contributed by atoms with van der Waals surface area (Å²) >= 11 is 0. The largest absolute Gasteiger partial charge is 0.415 e. The van der Waals surface area contributed by atoms with E-state index >= 15 is 0 Å². The summed E-state index contributed by atoms with van der Waals surface area (Å²) in [6.45, 7) is 5.54. The van der Waals surface area contributed by atoms with Gasteiger partial charge in [-0.2, -0.15) is 0 Å². The molecule has 0 bridgehead atoms. The lowest BCUT2D eigenvalue weighted by Crippen LogP contribution is -2.62. The summed E-state index contributed by atoms with van der Waals surface area (Å²) in [6, 6.07) is 9.90. The Kier molecular flexibility index (Phi) is 3.66. The number of hydrogen-bond acceptors (Lipinski definition) is 4. The van der Waals surface area contributed by atoms with Gasteiger partial charge in [-0.15, -0.1) is 0 Å². The van der Waals surface area contributed by atoms with Crippen molar-refractivity contribution in [3.8, 4) is 5.75 Å². The van der Waals surface area contributed by atoms with E-state index < -0.39 is 0 Å². The molecule has 2 aliphatic rings. The number of carbonyl (C=O) groups excluding carboxylic acids is 1. The number of ether oxygens (including phenoxy) is 1. The van der Waals surface area contributed by atoms with Crippen molar-refractivity contribution in [3.63, 3.8) is 0 Å². The van der Waals surface area contributed by atoms with Crippen molar-refractivity contribution in [1.82, 2.24) is 15.1 Å². The SMILES string of the molecule is O=C(Oc1ccccc1)N1CCN(C2CNC2)CC1. The Bertz CT molecular complexity index is 426. The molecule has 2 heterocycles. The molecule has 2 saturated heterocycles. The van der Waals surface area contributed by atoms with Crippen molar-refractivity contribution in [1.29, 1.82) is 0 Å². The Morgan fingerprint density at radius 1 is 1.11 bits per heavy atom. The molecule has 2 aliphatic heterocycles. The van der Waals surface area contributed by atoms with Crippen LogP contribution in [0, 0.1) is 0 Å². The molecular formula is C14H19N3O2. The van der Waals surface area contributed by atoms with Gasteiger partial charge in [0.25, 0.3) is 0 Å². The number of piperazine rings is 1. The first kappa shape index (κ1) is 12.4. The van der Waals surface area contributed by atoms with E-state index in [2.05, 4.69) is 10.2 Å². The van der Waals surface area contributed by atoms with Crippen LogP contribution in [0.5, 0.6) is 5.75 Å². The molecule has 1 N–H and O–H groups in total. The topological polar surface area (TPSA) is 44.8 Å². The van der Waals surface area contributed by atoms with Crippen LogP contribution in [0.2, 0.25) is 0 Å². The van der Waals surface area contributed by atoms with Crippen LogP contribution >= 0.6 is 0 Å². The van der Waals surface area contributed by atoms with E-state index in [0.29, 0.717) is 11.8 Å². The van der Waals surface area contributed by atoms with Crippen LogP contribution in [-0.4, -0.2) is 61.2 Å². The van der Waals surface area contributed by atoms with Gasteiger partial charge in [0.1, 0.15) is 5.75 Å². The van der Waals surface area contributed by atoms with E-state index in [-0.39, 0.29) is 6.09 Å². The number of benzene rings is 1. The zero-order valence-corrected chi connectivity index (χ0v) is 10.9. The molecule has 5 nitrogen and oxygen atoms in total. The first-order valence-corrected chi connectivity index (χ1v) is 6.79. The number of nitrogens with zero attached hydrogens (tertiary/aromatic N) is 2. The van der Waals surface area contributed by atoms with Crippen LogP contribution in [-0.2, 0) is 0 Å². The molecule has 1 aromatic carbocycles. The summed E-state index contributed by atoms with van der Waals surface area (Å²) in [4.78, 5) is 16.2. The highest BCUT2D eigenvalue weighted by Gasteiger charge is 2.29. The molecule has 0 spiro atoms. The van der Waals surface area contributed by atoms with Gasteiger partial charge in [0.2, 0.25) is 0 Å². The predicted octanol–water partition coefficient (Wildman–Crippen LogP) is 0.775. The van der Waals surface area contributed by atoms with Crippen LogP contribution in [0.3, 0.4) is 0 Å². The van der Waals surface area contributed by atoms with Gasteiger partial charge in [-0.3, -0.25) is 4.90 Å². The number of hydrogen-bond donors (Lipinski definition) is 1. The third kappa shape index (κ3) is 2.88. The van der Waals surface area contributed by atoms with Crippen molar-refractivity contribution in [2.24, 2.45) is 0 Å². The maximum Gasteiger partial charge on any atom is 0.415 e. The Balaban J connectivity index is 1.49. The average molecular weight is 261 g/mol. The van der Waals surface area contributed by atoms with Crippen LogP contribution in [0.4, 0.5) is 4.79 Å². The first-order chi connectivity index (χ1) is 9.33. The minimum Gasteiger partial charge on any atom is -0.410 e. The monoisotopic (exact) mass is 261 g/mol. The van der Waals surface area contributed by atoms with E-state index in [1.165, 1.54) is 0 Å². The van der Waals surface area contributed by atoms with E-state index in [0.717, 1.165) is 39.3 Å². The van der Waals surface area contributed by atoms with Gasteiger partial charge in [-0.1, -0.05) is 18.2 Å². The molecule has 0 aliphatic carbocycles. The van der Waals surface area contributed by atoms with Crippen molar-refractivity contribution in [2.75, 3.05) is 39.3 Å². The van der Waals surface area contributed by atoms with Gasteiger partial charge in [0.05, 0.1) is 0 Å². The minimum atomic E-state index is -0.238. The zero-order valence-electron chi connectivity index (χ0n) is 10.9. The van der Waals surface area contributed by atoms with E-state index in [1.54, 1.807) is 17.0 Å². The predicted molar refractivity (Wildman–Crippen MR) is 72.3 cm³/mol. The maximum atomic E-state index is 12.0. The maximum absolute atomic E-state index is 12.0. The Labute approximate surface area is 113 Å². The van der Waals surface area contributed by atoms with Crippen LogP contribution in [0.15, 0.2) is 30.3 Å². The minimum absolute atomic E-state index is 0.238. The number of carbonyl (C=O) groups is 1. The highest BCUT2D eigenvalue weighted by molar-refractivity contribution is 5.70. The normalized spacial score (nSPS) is 20.9. The molecule has 2 fully saturated rings. The lowest BCUT2D eigenvalue weighted by Gasteiger charge is -2.42. The van der Waals surface area contributed by atoms with E-state index in [1.807, 2.05) is 18.2 Å². The van der Waals surface area contributed by atoms with Crippen molar-refractivity contribution in [2.45, 2.75) is 6.04 Å². The lowest BCUT2D eigenvalue weighted by atomic mass is 10.1. The number of rotatable bonds is 2. The van der Waals surface area contributed by atoms with Gasteiger partial charge in [-0.25, -0.2) is 4.79 Å². The molecule has 102 valence electrons. The second kappa shape index (κ2) is 5.59. The molecule has 0 saturated carbocycles. The molecule has 0 radical (unpaired) electrons.